The fraction of sp³-hybridized carbons (Fsp3) is 0.167. The van der Waals surface area contributed by atoms with E-state index in [0.29, 0.717) is 32.1 Å². The summed E-state index contributed by atoms with van der Waals surface area (Å²) in [5.74, 6) is 0.597. The van der Waals surface area contributed by atoms with E-state index in [1.165, 1.54) is 25.6 Å². The Morgan fingerprint density at radius 2 is 1.84 bits per heavy atom. The van der Waals surface area contributed by atoms with Gasteiger partial charge in [0, 0.05) is 16.2 Å². The average Bonchev–Trinajstić information content (AvgIpc) is 2.93. The monoisotopic (exact) mass is 395 g/mol. The topological polar surface area (TPSA) is 47.6 Å². The van der Waals surface area contributed by atoms with Gasteiger partial charge in [0.25, 0.3) is 5.91 Å². The summed E-state index contributed by atoms with van der Waals surface area (Å²) in [4.78, 5) is 13.2. The molecule has 1 heterocycles. The van der Waals surface area contributed by atoms with Crippen LogP contribution < -0.4 is 14.8 Å². The van der Waals surface area contributed by atoms with E-state index in [9.17, 15) is 4.79 Å². The van der Waals surface area contributed by atoms with Gasteiger partial charge in [-0.25, -0.2) is 0 Å². The predicted octanol–water partition coefficient (Wildman–Crippen LogP) is 5.79. The summed E-state index contributed by atoms with van der Waals surface area (Å²) < 4.78 is 11.4. The van der Waals surface area contributed by atoms with Crippen molar-refractivity contribution in [3.8, 4) is 11.5 Å². The van der Waals surface area contributed by atoms with E-state index >= 15 is 0 Å². The highest BCUT2D eigenvalue weighted by atomic mass is 35.5. The van der Waals surface area contributed by atoms with Crippen LogP contribution >= 0.6 is 34.5 Å². The SMILES string of the molecule is COc1cc(OC)c(NC(=O)c2sc3cccc(C)c3c2Cl)cc1Cl. The lowest BCUT2D eigenvalue weighted by Gasteiger charge is -2.12. The molecule has 0 atom stereocenters. The lowest BCUT2D eigenvalue weighted by atomic mass is 10.1. The van der Waals surface area contributed by atoms with Gasteiger partial charge in [0.15, 0.2) is 0 Å². The zero-order valence-corrected chi connectivity index (χ0v) is 16.1. The minimum absolute atomic E-state index is 0.315. The zero-order valence-electron chi connectivity index (χ0n) is 13.8. The number of ether oxygens (including phenoxy) is 2. The lowest BCUT2D eigenvalue weighted by Crippen LogP contribution is -2.11. The number of anilines is 1. The smallest absolute Gasteiger partial charge is 0.267 e. The molecule has 130 valence electrons. The van der Waals surface area contributed by atoms with Gasteiger partial charge in [-0.05, 0) is 24.6 Å². The number of hydrogen-bond acceptors (Lipinski definition) is 4. The van der Waals surface area contributed by atoms with Crippen LogP contribution in [0.2, 0.25) is 10.0 Å². The van der Waals surface area contributed by atoms with Gasteiger partial charge >= 0.3 is 0 Å². The first-order valence-electron chi connectivity index (χ1n) is 7.36. The molecule has 0 spiro atoms. The second-order valence-corrected chi connectivity index (χ2v) is 7.17. The van der Waals surface area contributed by atoms with Crippen LogP contribution in [0.5, 0.6) is 11.5 Å². The number of nitrogens with one attached hydrogen (secondary N) is 1. The summed E-state index contributed by atoms with van der Waals surface area (Å²) >= 11 is 13.9. The van der Waals surface area contributed by atoms with Crippen LogP contribution in [-0.4, -0.2) is 20.1 Å². The van der Waals surface area contributed by atoms with Crippen molar-refractivity contribution in [2.24, 2.45) is 0 Å². The molecule has 7 heteroatoms. The van der Waals surface area contributed by atoms with Crippen molar-refractivity contribution in [1.29, 1.82) is 0 Å². The van der Waals surface area contributed by atoms with E-state index in [4.69, 9.17) is 32.7 Å². The van der Waals surface area contributed by atoms with E-state index in [2.05, 4.69) is 5.32 Å². The first-order chi connectivity index (χ1) is 12.0. The van der Waals surface area contributed by atoms with Gasteiger partial charge in [0.05, 0.1) is 30.0 Å². The third-order valence-corrected chi connectivity index (χ3v) is 5.73. The van der Waals surface area contributed by atoms with E-state index in [-0.39, 0.29) is 5.91 Å². The van der Waals surface area contributed by atoms with Crippen molar-refractivity contribution in [1.82, 2.24) is 0 Å². The molecule has 0 aliphatic rings. The fourth-order valence-corrected chi connectivity index (χ4v) is 4.37. The molecular formula is C18H15Cl2NO3S. The summed E-state index contributed by atoms with van der Waals surface area (Å²) in [6.07, 6.45) is 0. The van der Waals surface area contributed by atoms with Gasteiger partial charge in [-0.3, -0.25) is 4.79 Å². The van der Waals surface area contributed by atoms with Gasteiger partial charge in [-0.1, -0.05) is 35.3 Å². The largest absolute Gasteiger partial charge is 0.495 e. The molecule has 25 heavy (non-hydrogen) atoms. The Balaban J connectivity index is 2.00. The molecule has 0 aliphatic carbocycles. The quantitative estimate of drug-likeness (QED) is 0.608. The number of carbonyl (C=O) groups excluding carboxylic acids is 1. The summed E-state index contributed by atoms with van der Waals surface area (Å²) in [5.41, 5.74) is 1.48. The van der Waals surface area contributed by atoms with Gasteiger partial charge < -0.3 is 14.8 Å². The van der Waals surface area contributed by atoms with Crippen LogP contribution in [0, 0.1) is 6.92 Å². The van der Waals surface area contributed by atoms with E-state index in [1.807, 2.05) is 25.1 Å². The summed E-state index contributed by atoms with van der Waals surface area (Å²) in [7, 11) is 3.02. The van der Waals surface area contributed by atoms with Gasteiger partial charge in [0.1, 0.15) is 16.4 Å². The fourth-order valence-electron chi connectivity index (χ4n) is 2.56. The Bertz CT molecular complexity index is 969. The molecule has 0 aliphatic heterocycles. The van der Waals surface area contributed by atoms with Crippen LogP contribution in [-0.2, 0) is 0 Å². The maximum Gasteiger partial charge on any atom is 0.267 e. The van der Waals surface area contributed by atoms with Crippen LogP contribution in [0.1, 0.15) is 15.2 Å². The van der Waals surface area contributed by atoms with Gasteiger partial charge in [-0.15, -0.1) is 11.3 Å². The maximum absolute atomic E-state index is 12.7. The first kappa shape index (κ1) is 17.9. The lowest BCUT2D eigenvalue weighted by molar-refractivity contribution is 0.103. The van der Waals surface area contributed by atoms with Crippen LogP contribution in [0.4, 0.5) is 5.69 Å². The Morgan fingerprint density at radius 3 is 2.48 bits per heavy atom. The second kappa shape index (κ2) is 7.12. The molecule has 4 nitrogen and oxygen atoms in total. The number of thiophene rings is 1. The molecule has 2 aromatic carbocycles. The highest BCUT2D eigenvalue weighted by molar-refractivity contribution is 7.21. The number of rotatable bonds is 4. The molecule has 0 bridgehead atoms. The number of amides is 1. The Hall–Kier alpha value is -1.95. The number of fused-ring (bicyclic) bond motifs is 1. The molecule has 0 radical (unpaired) electrons. The minimum atomic E-state index is -0.315. The molecule has 3 aromatic rings. The number of methoxy groups -OCH3 is 2. The summed E-state index contributed by atoms with van der Waals surface area (Å²) in [6.45, 7) is 1.97. The molecule has 1 N–H and O–H groups in total. The number of hydrogen-bond donors (Lipinski definition) is 1. The number of halogens is 2. The Morgan fingerprint density at radius 1 is 1.12 bits per heavy atom. The van der Waals surface area contributed by atoms with Crippen LogP contribution in [0.25, 0.3) is 10.1 Å². The maximum atomic E-state index is 12.7. The van der Waals surface area contributed by atoms with Crippen molar-refractivity contribution in [3.63, 3.8) is 0 Å². The standard InChI is InChI=1S/C18H15Cl2NO3S/c1-9-5-4-6-14-15(9)16(20)17(25-14)18(22)21-11-7-10(19)12(23-2)8-13(11)24-3/h4-8H,1-3H3,(H,21,22). The van der Waals surface area contributed by atoms with Crippen molar-refractivity contribution in [2.75, 3.05) is 19.5 Å². The zero-order chi connectivity index (χ0) is 18.1. The average molecular weight is 396 g/mol. The van der Waals surface area contributed by atoms with Crippen molar-refractivity contribution in [2.45, 2.75) is 6.92 Å². The third kappa shape index (κ3) is 3.27. The molecular weight excluding hydrogens is 381 g/mol. The van der Waals surface area contributed by atoms with Crippen molar-refractivity contribution < 1.29 is 14.3 Å². The summed E-state index contributed by atoms with van der Waals surface area (Å²) in [5, 5.41) is 4.54. The molecule has 0 fully saturated rings. The highest BCUT2D eigenvalue weighted by Crippen LogP contribution is 2.39. The number of benzene rings is 2. The first-order valence-corrected chi connectivity index (χ1v) is 8.94. The normalized spacial score (nSPS) is 10.8. The highest BCUT2D eigenvalue weighted by Gasteiger charge is 2.20. The Labute approximate surface area is 159 Å². The van der Waals surface area contributed by atoms with E-state index in [1.54, 1.807) is 12.1 Å². The van der Waals surface area contributed by atoms with Crippen LogP contribution in [0.15, 0.2) is 30.3 Å². The Kier molecular flexibility index (Phi) is 5.08. The van der Waals surface area contributed by atoms with E-state index < -0.39 is 0 Å². The van der Waals surface area contributed by atoms with Crippen molar-refractivity contribution in [3.05, 3.63) is 50.8 Å². The van der Waals surface area contributed by atoms with Crippen molar-refractivity contribution >= 4 is 56.2 Å². The minimum Gasteiger partial charge on any atom is -0.495 e. The molecule has 0 saturated carbocycles. The van der Waals surface area contributed by atoms with Crippen LogP contribution in [0.3, 0.4) is 0 Å². The number of carbonyl (C=O) groups is 1. The molecule has 0 unspecified atom stereocenters. The number of aryl methyl sites for hydroxylation is 1. The molecule has 1 amide bonds. The van der Waals surface area contributed by atoms with Gasteiger partial charge in [-0.2, -0.15) is 0 Å². The summed E-state index contributed by atoms with van der Waals surface area (Å²) in [6, 6.07) is 9.06. The molecule has 0 saturated heterocycles. The van der Waals surface area contributed by atoms with Gasteiger partial charge in [0.2, 0.25) is 0 Å². The predicted molar refractivity (Wildman–Crippen MR) is 104 cm³/mol. The second-order valence-electron chi connectivity index (χ2n) is 5.33. The molecule has 3 rings (SSSR count). The van der Waals surface area contributed by atoms with E-state index in [0.717, 1.165) is 15.6 Å². The third-order valence-electron chi connectivity index (χ3n) is 3.79. The molecule has 1 aromatic heterocycles.